The molecule has 0 fully saturated rings. The van der Waals surface area contributed by atoms with Crippen LogP contribution in [-0.2, 0) is 6.54 Å². The molecule has 0 aromatic heterocycles. The van der Waals surface area contributed by atoms with Crippen molar-refractivity contribution in [3.8, 4) is 5.75 Å². The number of para-hydroxylation sites is 2. The van der Waals surface area contributed by atoms with Gasteiger partial charge in [0, 0.05) is 25.2 Å². The minimum atomic E-state index is 0.879. The van der Waals surface area contributed by atoms with E-state index in [4.69, 9.17) is 4.74 Å². The summed E-state index contributed by atoms with van der Waals surface area (Å²) in [5.41, 5.74) is 4.99. The van der Waals surface area contributed by atoms with E-state index in [1.165, 1.54) is 22.5 Å². The van der Waals surface area contributed by atoms with E-state index in [0.717, 1.165) is 25.4 Å². The number of hydrogen-bond donors (Lipinski definition) is 1. The molecule has 2 aromatic carbocycles. The minimum absolute atomic E-state index is 0.879. The second-order valence-electron chi connectivity index (χ2n) is 5.18. The molecule has 0 atom stereocenters. The zero-order valence-corrected chi connectivity index (χ0v) is 12.0. The molecule has 3 nitrogen and oxygen atoms in total. The van der Waals surface area contributed by atoms with Crippen LogP contribution >= 0.6 is 0 Å². The molecule has 3 rings (SSSR count). The molecule has 104 valence electrons. The van der Waals surface area contributed by atoms with Crippen LogP contribution in [0.2, 0.25) is 0 Å². The maximum Gasteiger partial charge on any atom is 0.123 e. The lowest BCUT2D eigenvalue weighted by Crippen LogP contribution is -2.33. The third kappa shape index (κ3) is 2.44. The van der Waals surface area contributed by atoms with Crippen molar-refractivity contribution >= 4 is 11.4 Å². The number of aryl methyl sites for hydroxylation is 1. The summed E-state index contributed by atoms with van der Waals surface area (Å²) in [6.45, 7) is 4.98. The van der Waals surface area contributed by atoms with Crippen molar-refractivity contribution in [1.82, 2.24) is 0 Å². The van der Waals surface area contributed by atoms with E-state index < -0.39 is 0 Å². The summed E-state index contributed by atoms with van der Waals surface area (Å²) in [6.07, 6.45) is 0. The van der Waals surface area contributed by atoms with Gasteiger partial charge >= 0.3 is 0 Å². The highest BCUT2D eigenvalue weighted by molar-refractivity contribution is 5.72. The molecule has 0 saturated carbocycles. The predicted octanol–water partition coefficient (Wildman–Crippen LogP) is 3.44. The number of hydrogen-bond acceptors (Lipinski definition) is 3. The van der Waals surface area contributed by atoms with Crippen LogP contribution in [0.1, 0.15) is 11.1 Å². The maximum absolute atomic E-state index is 5.49. The van der Waals surface area contributed by atoms with Crippen LogP contribution in [0.25, 0.3) is 0 Å². The van der Waals surface area contributed by atoms with Crippen molar-refractivity contribution < 1.29 is 4.74 Å². The van der Waals surface area contributed by atoms with Gasteiger partial charge in [-0.1, -0.05) is 29.8 Å². The molecule has 0 spiro atoms. The Morgan fingerprint density at radius 3 is 2.90 bits per heavy atom. The highest BCUT2D eigenvalue weighted by Crippen LogP contribution is 2.31. The van der Waals surface area contributed by atoms with Crippen LogP contribution in [0.5, 0.6) is 5.75 Å². The van der Waals surface area contributed by atoms with Crippen LogP contribution < -0.4 is 15.0 Å². The van der Waals surface area contributed by atoms with Gasteiger partial charge in [-0.15, -0.1) is 0 Å². The van der Waals surface area contributed by atoms with E-state index in [2.05, 4.69) is 59.6 Å². The lowest BCUT2D eigenvalue weighted by atomic mass is 10.1. The first-order chi connectivity index (χ1) is 9.78. The molecule has 0 aliphatic carbocycles. The number of nitrogens with one attached hydrogen (secondary N) is 1. The first-order valence-corrected chi connectivity index (χ1v) is 6.99. The average molecular weight is 268 g/mol. The Hall–Kier alpha value is -2.16. The third-order valence-corrected chi connectivity index (χ3v) is 3.74. The van der Waals surface area contributed by atoms with Crippen molar-refractivity contribution in [3.63, 3.8) is 0 Å². The molecule has 3 heteroatoms. The highest BCUT2D eigenvalue weighted by atomic mass is 16.5. The lowest BCUT2D eigenvalue weighted by molar-refractivity contribution is 0.409. The van der Waals surface area contributed by atoms with Gasteiger partial charge in [-0.05, 0) is 25.1 Å². The normalized spacial score (nSPS) is 13.6. The van der Waals surface area contributed by atoms with Gasteiger partial charge in [-0.25, -0.2) is 0 Å². The highest BCUT2D eigenvalue weighted by Gasteiger charge is 2.17. The summed E-state index contributed by atoms with van der Waals surface area (Å²) in [4.78, 5) is 2.41. The summed E-state index contributed by atoms with van der Waals surface area (Å²) in [6, 6.07) is 14.8. The largest absolute Gasteiger partial charge is 0.496 e. The molecule has 2 aromatic rings. The van der Waals surface area contributed by atoms with Gasteiger partial charge in [0.05, 0.1) is 18.5 Å². The van der Waals surface area contributed by atoms with Gasteiger partial charge in [0.15, 0.2) is 0 Å². The Balaban J connectivity index is 1.91. The van der Waals surface area contributed by atoms with E-state index in [-0.39, 0.29) is 0 Å². The van der Waals surface area contributed by atoms with Gasteiger partial charge in [-0.3, -0.25) is 0 Å². The fourth-order valence-corrected chi connectivity index (χ4v) is 2.75. The van der Waals surface area contributed by atoms with Crippen molar-refractivity contribution in [3.05, 3.63) is 53.6 Å². The van der Waals surface area contributed by atoms with Crippen molar-refractivity contribution in [1.29, 1.82) is 0 Å². The number of benzene rings is 2. The van der Waals surface area contributed by atoms with Gasteiger partial charge in [-0.2, -0.15) is 0 Å². The molecule has 20 heavy (non-hydrogen) atoms. The van der Waals surface area contributed by atoms with E-state index >= 15 is 0 Å². The number of anilines is 2. The van der Waals surface area contributed by atoms with Crippen molar-refractivity contribution in [2.24, 2.45) is 0 Å². The Morgan fingerprint density at radius 2 is 2.05 bits per heavy atom. The van der Waals surface area contributed by atoms with Crippen molar-refractivity contribution in [2.75, 3.05) is 30.4 Å². The van der Waals surface area contributed by atoms with E-state index in [1.54, 1.807) is 7.11 Å². The second kappa shape index (κ2) is 5.45. The zero-order chi connectivity index (χ0) is 13.9. The molecule has 0 radical (unpaired) electrons. The molecular formula is C17H20N2O. The molecule has 1 heterocycles. The number of methoxy groups -OCH3 is 1. The first-order valence-electron chi connectivity index (χ1n) is 6.99. The summed E-state index contributed by atoms with van der Waals surface area (Å²) in [5, 5.41) is 3.45. The second-order valence-corrected chi connectivity index (χ2v) is 5.18. The van der Waals surface area contributed by atoms with Crippen LogP contribution in [0, 0.1) is 6.92 Å². The van der Waals surface area contributed by atoms with Crippen LogP contribution in [0.3, 0.4) is 0 Å². The topological polar surface area (TPSA) is 24.5 Å². The number of ether oxygens (including phenoxy) is 1. The summed E-state index contributed by atoms with van der Waals surface area (Å²) in [5.74, 6) is 0.964. The molecule has 1 N–H and O–H groups in total. The number of fused-ring (bicyclic) bond motifs is 1. The monoisotopic (exact) mass is 268 g/mol. The molecule has 0 bridgehead atoms. The average Bonchev–Trinajstić information content (AvgIpc) is 2.48. The Morgan fingerprint density at radius 1 is 1.20 bits per heavy atom. The van der Waals surface area contributed by atoms with E-state index in [9.17, 15) is 0 Å². The Kier molecular flexibility index (Phi) is 3.50. The smallest absolute Gasteiger partial charge is 0.123 e. The fraction of sp³-hybridized carbons (Fsp3) is 0.294. The first kappa shape index (κ1) is 12.9. The van der Waals surface area contributed by atoms with Crippen molar-refractivity contribution in [2.45, 2.75) is 13.5 Å². The fourth-order valence-electron chi connectivity index (χ4n) is 2.75. The molecule has 1 aliphatic heterocycles. The van der Waals surface area contributed by atoms with E-state index in [1.807, 2.05) is 0 Å². The molecule has 0 unspecified atom stereocenters. The Labute approximate surface area is 120 Å². The molecule has 1 aliphatic rings. The maximum atomic E-state index is 5.49. The van der Waals surface area contributed by atoms with Gasteiger partial charge in [0.2, 0.25) is 0 Å². The van der Waals surface area contributed by atoms with E-state index in [0.29, 0.717) is 0 Å². The standard InChI is InChI=1S/C17H20N2O/c1-13-7-8-17(20-2)14(11-13)12-19-10-9-18-15-5-3-4-6-16(15)19/h3-8,11,18H,9-10,12H2,1-2H3. The summed E-state index contributed by atoms with van der Waals surface area (Å²) < 4.78 is 5.49. The van der Waals surface area contributed by atoms with Crippen LogP contribution in [-0.4, -0.2) is 20.2 Å². The lowest BCUT2D eigenvalue weighted by Gasteiger charge is -2.32. The third-order valence-electron chi connectivity index (χ3n) is 3.74. The van der Waals surface area contributed by atoms with Gasteiger partial charge in [0.25, 0.3) is 0 Å². The molecular weight excluding hydrogens is 248 g/mol. The molecule has 0 amide bonds. The number of rotatable bonds is 3. The quantitative estimate of drug-likeness (QED) is 0.923. The number of nitrogens with zero attached hydrogens (tertiary/aromatic N) is 1. The van der Waals surface area contributed by atoms with Gasteiger partial charge in [0.1, 0.15) is 5.75 Å². The Bertz CT molecular complexity index is 610. The summed E-state index contributed by atoms with van der Waals surface area (Å²) >= 11 is 0. The predicted molar refractivity (Wildman–Crippen MR) is 83.7 cm³/mol. The zero-order valence-electron chi connectivity index (χ0n) is 12.0. The van der Waals surface area contributed by atoms with Crippen LogP contribution in [0.4, 0.5) is 11.4 Å². The van der Waals surface area contributed by atoms with Crippen LogP contribution in [0.15, 0.2) is 42.5 Å². The molecule has 0 saturated heterocycles. The minimum Gasteiger partial charge on any atom is -0.496 e. The summed E-state index contributed by atoms with van der Waals surface area (Å²) in [7, 11) is 1.74. The van der Waals surface area contributed by atoms with Gasteiger partial charge < -0.3 is 15.0 Å². The SMILES string of the molecule is COc1ccc(C)cc1CN1CCNc2ccccc21.